The molecule has 4 rings (SSSR count). The van der Waals surface area contributed by atoms with Crippen molar-refractivity contribution in [1.29, 1.82) is 0 Å². The molecule has 1 aromatic heterocycles. The van der Waals surface area contributed by atoms with Gasteiger partial charge in [0.1, 0.15) is 16.7 Å². The van der Waals surface area contributed by atoms with Crippen LogP contribution in [0.5, 0.6) is 0 Å². The van der Waals surface area contributed by atoms with Gasteiger partial charge in [-0.2, -0.15) is 4.39 Å². The average molecular weight is 477 g/mol. The molecule has 3 heterocycles. The van der Waals surface area contributed by atoms with E-state index in [4.69, 9.17) is 16.3 Å². The molecule has 0 aliphatic carbocycles. The number of halogens is 4. The van der Waals surface area contributed by atoms with Crippen LogP contribution in [-0.2, 0) is 14.8 Å². The number of rotatable bonds is 4. The quantitative estimate of drug-likeness (QED) is 0.540. The predicted molar refractivity (Wildman–Crippen MR) is 109 cm³/mol. The lowest BCUT2D eigenvalue weighted by atomic mass is 9.96. The van der Waals surface area contributed by atoms with E-state index in [0.29, 0.717) is 32.7 Å². The number of nitrogens with zero attached hydrogens (tertiary/aromatic N) is 3. The standard InChI is InChI=1S/C19H20ClF3N4O3S/c1-26-7-8-30-11-19(26)5-6-27(10-19)13-9-12(21)18(17(23)16(13)20)31(28,29)25-15-4-2-3-14(22)24-15/h2-4,9H,5-8,10-11H2,1H3,(H,24,25)/t19-/m1/s1. The maximum Gasteiger partial charge on any atom is 0.268 e. The highest BCUT2D eigenvalue weighted by atomic mass is 35.5. The van der Waals surface area contributed by atoms with Gasteiger partial charge in [-0.3, -0.25) is 9.62 Å². The molecule has 1 spiro atoms. The molecular formula is C19H20ClF3N4O3S. The normalized spacial score (nSPS) is 22.3. The second kappa shape index (κ2) is 8.12. The van der Waals surface area contributed by atoms with Gasteiger partial charge in [-0.25, -0.2) is 22.2 Å². The molecule has 2 aromatic rings. The van der Waals surface area contributed by atoms with Gasteiger partial charge in [0, 0.05) is 25.7 Å². The minimum Gasteiger partial charge on any atom is -0.378 e. The topological polar surface area (TPSA) is 74.8 Å². The van der Waals surface area contributed by atoms with Crippen molar-refractivity contribution >= 4 is 33.1 Å². The Kier molecular flexibility index (Phi) is 5.80. The van der Waals surface area contributed by atoms with Crippen molar-refractivity contribution in [3.63, 3.8) is 0 Å². The fraction of sp³-hybridized carbons (Fsp3) is 0.421. The van der Waals surface area contributed by atoms with E-state index in [1.54, 1.807) is 4.90 Å². The first-order valence-electron chi connectivity index (χ1n) is 9.50. The van der Waals surface area contributed by atoms with E-state index in [9.17, 15) is 17.2 Å². The second-order valence-corrected chi connectivity index (χ2v) is 9.65. The van der Waals surface area contributed by atoms with Gasteiger partial charge in [0.05, 0.1) is 24.4 Å². The summed E-state index contributed by atoms with van der Waals surface area (Å²) in [6.45, 7) is 2.74. The van der Waals surface area contributed by atoms with E-state index in [0.717, 1.165) is 24.7 Å². The molecule has 7 nitrogen and oxygen atoms in total. The third-order valence-electron chi connectivity index (χ3n) is 5.74. The number of hydrogen-bond acceptors (Lipinski definition) is 6. The minimum absolute atomic E-state index is 0.0651. The third-order valence-corrected chi connectivity index (χ3v) is 7.49. The highest BCUT2D eigenvalue weighted by Gasteiger charge is 2.44. The number of aromatic nitrogens is 1. The summed E-state index contributed by atoms with van der Waals surface area (Å²) >= 11 is 6.15. The van der Waals surface area contributed by atoms with Crippen LogP contribution in [0.4, 0.5) is 24.7 Å². The van der Waals surface area contributed by atoms with E-state index in [2.05, 4.69) is 9.88 Å². The monoisotopic (exact) mass is 476 g/mol. The summed E-state index contributed by atoms with van der Waals surface area (Å²) in [5.74, 6) is -4.10. The summed E-state index contributed by atoms with van der Waals surface area (Å²) in [4.78, 5) is 5.97. The Bertz CT molecular complexity index is 1120. The highest BCUT2D eigenvalue weighted by molar-refractivity contribution is 7.92. The van der Waals surface area contributed by atoms with Crippen LogP contribution in [0.15, 0.2) is 29.2 Å². The van der Waals surface area contributed by atoms with Crippen molar-refractivity contribution in [2.45, 2.75) is 16.9 Å². The van der Waals surface area contributed by atoms with Crippen molar-refractivity contribution in [3.8, 4) is 0 Å². The average Bonchev–Trinajstić information content (AvgIpc) is 3.11. The van der Waals surface area contributed by atoms with Crippen LogP contribution >= 0.6 is 11.6 Å². The van der Waals surface area contributed by atoms with Crippen LogP contribution in [0.2, 0.25) is 5.02 Å². The maximum atomic E-state index is 15.0. The largest absolute Gasteiger partial charge is 0.378 e. The van der Waals surface area contributed by atoms with Gasteiger partial charge in [0.15, 0.2) is 10.7 Å². The summed E-state index contributed by atoms with van der Waals surface area (Å²) in [5, 5.41) is -0.509. The smallest absolute Gasteiger partial charge is 0.268 e. The molecule has 0 radical (unpaired) electrons. The number of ether oxygens (including phenoxy) is 1. The number of pyridine rings is 1. The zero-order valence-corrected chi connectivity index (χ0v) is 18.1. The number of benzene rings is 1. The van der Waals surface area contributed by atoms with Gasteiger partial charge in [-0.05, 0) is 25.6 Å². The number of hydrogen-bond donors (Lipinski definition) is 1. The Balaban J connectivity index is 1.65. The van der Waals surface area contributed by atoms with Crippen molar-refractivity contribution in [2.75, 3.05) is 49.5 Å². The molecule has 12 heteroatoms. The molecule has 31 heavy (non-hydrogen) atoms. The Labute approximate surface area is 182 Å². The van der Waals surface area contributed by atoms with Crippen LogP contribution in [0.1, 0.15) is 6.42 Å². The Hall–Kier alpha value is -2.08. The van der Waals surface area contributed by atoms with Gasteiger partial charge < -0.3 is 9.64 Å². The molecule has 0 saturated carbocycles. The summed E-state index contributed by atoms with van der Waals surface area (Å²) in [5.41, 5.74) is -0.237. The van der Waals surface area contributed by atoms with E-state index in [1.165, 1.54) is 6.07 Å². The Morgan fingerprint density at radius 2 is 2.03 bits per heavy atom. The summed E-state index contributed by atoms with van der Waals surface area (Å²) in [6.07, 6.45) is 0.704. The molecule has 168 valence electrons. The molecule has 0 bridgehead atoms. The number of likely N-dealkylation sites (N-methyl/N-ethyl adjacent to an activating group) is 1. The summed E-state index contributed by atoms with van der Waals surface area (Å²) in [7, 11) is -2.78. The molecule has 1 aromatic carbocycles. The van der Waals surface area contributed by atoms with Crippen LogP contribution in [0.3, 0.4) is 0 Å². The van der Waals surface area contributed by atoms with Crippen LogP contribution < -0.4 is 9.62 Å². The molecule has 1 N–H and O–H groups in total. The van der Waals surface area contributed by atoms with E-state index in [-0.39, 0.29) is 11.2 Å². The Morgan fingerprint density at radius 3 is 2.74 bits per heavy atom. The van der Waals surface area contributed by atoms with E-state index >= 15 is 4.39 Å². The number of morpholine rings is 1. The summed E-state index contributed by atoms with van der Waals surface area (Å²) in [6, 6.07) is 4.26. The van der Waals surface area contributed by atoms with E-state index < -0.39 is 43.3 Å². The van der Waals surface area contributed by atoms with Gasteiger partial charge in [0.2, 0.25) is 5.95 Å². The molecule has 2 aliphatic heterocycles. The first-order chi connectivity index (χ1) is 14.6. The number of anilines is 2. The molecule has 0 unspecified atom stereocenters. The lowest BCUT2D eigenvalue weighted by Gasteiger charge is -2.42. The van der Waals surface area contributed by atoms with Crippen molar-refractivity contribution in [3.05, 3.63) is 46.9 Å². The van der Waals surface area contributed by atoms with Crippen molar-refractivity contribution in [2.24, 2.45) is 0 Å². The van der Waals surface area contributed by atoms with Gasteiger partial charge >= 0.3 is 0 Å². The number of sulfonamides is 1. The summed E-state index contributed by atoms with van der Waals surface area (Å²) < 4.78 is 75.7. The molecule has 2 aliphatic rings. The van der Waals surface area contributed by atoms with Crippen molar-refractivity contribution in [1.82, 2.24) is 9.88 Å². The maximum absolute atomic E-state index is 15.0. The lowest BCUT2D eigenvalue weighted by Crippen LogP contribution is -2.56. The molecule has 0 amide bonds. The predicted octanol–water partition coefficient (Wildman–Crippen LogP) is 2.86. The molecular weight excluding hydrogens is 457 g/mol. The van der Waals surface area contributed by atoms with Crippen LogP contribution in [0, 0.1) is 17.6 Å². The molecule has 2 saturated heterocycles. The second-order valence-electron chi connectivity index (χ2n) is 7.66. The van der Waals surface area contributed by atoms with Gasteiger partial charge in [-0.15, -0.1) is 0 Å². The van der Waals surface area contributed by atoms with E-state index in [1.807, 2.05) is 11.8 Å². The third kappa shape index (κ3) is 4.07. The van der Waals surface area contributed by atoms with Gasteiger partial charge in [-0.1, -0.05) is 17.7 Å². The zero-order chi connectivity index (χ0) is 22.4. The van der Waals surface area contributed by atoms with Crippen molar-refractivity contribution < 1.29 is 26.3 Å². The Morgan fingerprint density at radius 1 is 1.26 bits per heavy atom. The molecule has 2 fully saturated rings. The SMILES string of the molecule is CN1CCOC[C@]12CCN(c1cc(F)c(S(=O)(=O)Nc3cccc(F)n3)c(F)c1Cl)C2. The van der Waals surface area contributed by atoms with Crippen LogP contribution in [-0.4, -0.2) is 63.7 Å². The molecule has 1 atom stereocenters. The lowest BCUT2D eigenvalue weighted by molar-refractivity contribution is -0.0448. The zero-order valence-electron chi connectivity index (χ0n) is 16.5. The van der Waals surface area contributed by atoms with Gasteiger partial charge in [0.25, 0.3) is 10.0 Å². The fourth-order valence-corrected chi connectivity index (χ4v) is 5.47. The van der Waals surface area contributed by atoms with Crippen LogP contribution in [0.25, 0.3) is 0 Å². The fourth-order valence-electron chi connectivity index (χ4n) is 4.00. The minimum atomic E-state index is -4.75. The first-order valence-corrected chi connectivity index (χ1v) is 11.4. The number of nitrogens with one attached hydrogen (secondary N) is 1. The highest BCUT2D eigenvalue weighted by Crippen LogP contribution is 2.39. The first kappa shape index (κ1) is 22.1.